The summed E-state index contributed by atoms with van der Waals surface area (Å²) in [7, 11) is -2.65. The highest BCUT2D eigenvalue weighted by molar-refractivity contribution is 7.91. The second kappa shape index (κ2) is 31.7. The summed E-state index contributed by atoms with van der Waals surface area (Å²) in [6.45, 7) is 24.7. The third kappa shape index (κ3) is 25.7. The van der Waals surface area contributed by atoms with Crippen LogP contribution in [-0.4, -0.2) is 196 Å². The Kier molecular flexibility index (Phi) is 27.7. The van der Waals surface area contributed by atoms with Crippen molar-refractivity contribution in [2.45, 2.75) is 57.1 Å². The molecule has 324 valence electrons. The molecule has 18 heteroatoms. The van der Waals surface area contributed by atoms with Gasteiger partial charge in [-0.15, -0.1) is 0 Å². The summed E-state index contributed by atoms with van der Waals surface area (Å²) < 4.78 is 41.0. The summed E-state index contributed by atoms with van der Waals surface area (Å²) in [5.41, 5.74) is 0.611. The van der Waals surface area contributed by atoms with Gasteiger partial charge in [-0.05, 0) is 77.8 Å². The van der Waals surface area contributed by atoms with Crippen LogP contribution in [0.1, 0.15) is 44.9 Å². The van der Waals surface area contributed by atoms with E-state index in [1.165, 1.54) is 97.3 Å². The van der Waals surface area contributed by atoms with Crippen LogP contribution in [0, 0.1) is 5.41 Å². The number of piperazine rings is 1. The molecule has 0 radical (unpaired) electrons. The van der Waals surface area contributed by atoms with Crippen LogP contribution >= 0.6 is 0 Å². The molecule has 11 saturated heterocycles. The van der Waals surface area contributed by atoms with E-state index >= 15 is 0 Å². The summed E-state index contributed by atoms with van der Waals surface area (Å²) in [4.78, 5) is 9.91. The highest BCUT2D eigenvalue weighted by Crippen LogP contribution is 2.30. The third-order valence-electron chi connectivity index (χ3n) is 9.99. The molecule has 0 aliphatic carbocycles. The average molecular weight is 807 g/mol. The van der Waals surface area contributed by atoms with Gasteiger partial charge in [0.25, 0.3) is 0 Å². The van der Waals surface area contributed by atoms with E-state index in [1.807, 2.05) is 0 Å². The molecule has 0 saturated carbocycles. The Morgan fingerprint density at radius 2 is 1.05 bits per heavy atom. The summed E-state index contributed by atoms with van der Waals surface area (Å²) >= 11 is 0. The quantitative estimate of drug-likeness (QED) is 0.128. The van der Waals surface area contributed by atoms with Crippen LogP contribution in [-0.2, 0) is 28.8 Å². The highest BCUT2D eigenvalue weighted by atomic mass is 32.2. The molecule has 10 N–H and O–H groups in total. The first-order valence-corrected chi connectivity index (χ1v) is 23.1. The second-order valence-corrected chi connectivity index (χ2v) is 17.4. The molecule has 0 unspecified atom stereocenters. The Hall–Kier alpha value is -1.26. The first kappa shape index (κ1) is 48.1. The van der Waals surface area contributed by atoms with Crippen molar-refractivity contribution in [1.29, 1.82) is 0 Å². The zero-order valence-electron chi connectivity index (χ0n) is 33.8. The number of rotatable bonds is 0. The lowest BCUT2D eigenvalue weighted by atomic mass is 9.80. The van der Waals surface area contributed by atoms with E-state index < -0.39 is 9.84 Å². The molecule has 0 aromatic heterocycles. The Balaban J connectivity index is 0.000000167. The molecule has 11 aliphatic heterocycles. The minimum Gasteiger partial charge on any atom is -0.448 e. The Morgan fingerprint density at radius 3 is 1.20 bits per heavy atom. The number of alkyl carbamates (subject to hydrolysis) is 1. The molecule has 2 atom stereocenters. The molecule has 1 amide bonds. The summed E-state index contributed by atoms with van der Waals surface area (Å²) in [6, 6.07) is 0.699. The monoisotopic (exact) mass is 807 g/mol. The van der Waals surface area contributed by atoms with Crippen LogP contribution in [0.5, 0.6) is 0 Å². The van der Waals surface area contributed by atoms with Crippen LogP contribution in [0.25, 0.3) is 0 Å². The van der Waals surface area contributed by atoms with Gasteiger partial charge in [-0.3, -0.25) is 0 Å². The van der Waals surface area contributed by atoms with Gasteiger partial charge < -0.3 is 72.1 Å². The standard InChI is InChI=1S/2C5H9NO.C5H11N.C4H10N2.C4H9NO2S.C4H9NO.C4H9N.C3H5NO2.C3H7N/c1-5(2-6-1)3-7-4-5;1-4-3-7-5(1)2-6-4;1-2-4-6-5-3-1;1-2-6-4-3-5-1;6-8(7)3-1-5-2-4-8;1-3-6-4-2-5-1;1-2-4-5-3-1;5-3-4-1-2-6-3;1-2-4-3-1/h6H,1-4H2;4-6H,1-3H2;6H,1-5H2;5-6H,1-4H2;5H,1-4H2;5H,1-4H2;5H,1-4H2;1-2H2,(H,4,5);4H,1-3H2/t;4-,5-;;;;;;;/m.0......./s1. The zero-order valence-corrected chi connectivity index (χ0v) is 34.6. The molecule has 11 fully saturated rings. The molecule has 55 heavy (non-hydrogen) atoms. The number of carbonyl (C=O) groups excluding carboxylic acids is 1. The maximum atomic E-state index is 10.6. The first-order chi connectivity index (χ1) is 27.0. The lowest BCUT2D eigenvalue weighted by Crippen LogP contribution is -2.64. The van der Waals surface area contributed by atoms with Gasteiger partial charge in [-0.25, -0.2) is 13.2 Å². The van der Waals surface area contributed by atoms with Gasteiger partial charge in [0, 0.05) is 83.4 Å². The van der Waals surface area contributed by atoms with Crippen molar-refractivity contribution in [3.05, 3.63) is 0 Å². The van der Waals surface area contributed by atoms with Gasteiger partial charge in [-0.1, -0.05) is 6.42 Å². The number of hydrogen-bond acceptors (Lipinski definition) is 16. The van der Waals surface area contributed by atoms with E-state index in [9.17, 15) is 13.2 Å². The number of morpholine rings is 2. The number of piperidine rings is 1. The van der Waals surface area contributed by atoms with E-state index in [4.69, 9.17) is 14.2 Å². The van der Waals surface area contributed by atoms with Crippen LogP contribution in [0.15, 0.2) is 0 Å². The van der Waals surface area contributed by atoms with Crippen molar-refractivity contribution in [3.8, 4) is 0 Å². The number of nitrogens with one attached hydrogen (secondary N) is 10. The van der Waals surface area contributed by atoms with E-state index in [1.54, 1.807) is 0 Å². The zero-order chi connectivity index (χ0) is 39.0. The van der Waals surface area contributed by atoms with Crippen molar-refractivity contribution in [2.75, 3.05) is 169 Å². The lowest BCUT2D eigenvalue weighted by Gasteiger charge is -2.48. The molecule has 2 bridgehead atoms. The van der Waals surface area contributed by atoms with Gasteiger partial charge in [0.15, 0.2) is 9.84 Å². The predicted octanol–water partition coefficient (Wildman–Crippen LogP) is -2.02. The number of ether oxygens (including phenoxy) is 4. The summed E-state index contributed by atoms with van der Waals surface area (Å²) in [5.74, 6) is 0.625. The van der Waals surface area contributed by atoms with Crippen LogP contribution in [0.3, 0.4) is 0 Å². The number of sulfone groups is 1. The molecule has 0 aromatic carbocycles. The first-order valence-electron chi connectivity index (χ1n) is 21.2. The number of hydrogen-bond donors (Lipinski definition) is 10. The maximum Gasteiger partial charge on any atom is 0.407 e. The van der Waals surface area contributed by atoms with E-state index in [-0.39, 0.29) is 6.09 Å². The van der Waals surface area contributed by atoms with E-state index in [2.05, 4.69) is 57.9 Å². The molecule has 11 aliphatic rings. The summed E-state index contributed by atoms with van der Waals surface area (Å²) in [5, 5.41) is 31.2. The van der Waals surface area contributed by atoms with Gasteiger partial charge >= 0.3 is 6.09 Å². The van der Waals surface area contributed by atoms with Crippen LogP contribution < -0.4 is 53.2 Å². The van der Waals surface area contributed by atoms with Crippen LogP contribution in [0.2, 0.25) is 0 Å². The molecule has 11 heterocycles. The van der Waals surface area contributed by atoms with Crippen molar-refractivity contribution < 1.29 is 32.2 Å². The van der Waals surface area contributed by atoms with E-state index in [0.29, 0.717) is 55.3 Å². The predicted molar refractivity (Wildman–Crippen MR) is 219 cm³/mol. The maximum absolute atomic E-state index is 10.6. The molecular weight excluding hydrogens is 729 g/mol. The lowest BCUT2D eigenvalue weighted by molar-refractivity contribution is -0.139. The van der Waals surface area contributed by atoms with Gasteiger partial charge in [-0.2, -0.15) is 0 Å². The number of cyclic esters (lactones) is 1. The number of fused-ring (bicyclic) bond motifs is 2. The molecule has 11 rings (SSSR count). The molecule has 1 spiro atoms. The fraction of sp³-hybridized carbons (Fsp3) is 0.973. The van der Waals surface area contributed by atoms with Crippen LogP contribution in [0.4, 0.5) is 4.79 Å². The van der Waals surface area contributed by atoms with Crippen molar-refractivity contribution in [2.24, 2.45) is 5.41 Å². The minimum absolute atomic E-state index is 0.296. The molecule has 17 nitrogen and oxygen atoms in total. The average Bonchev–Trinajstić information content (AvgIpc) is 4.03. The Labute approximate surface area is 332 Å². The normalized spacial score (nSPS) is 28.4. The second-order valence-electron chi connectivity index (χ2n) is 15.1. The fourth-order valence-electron chi connectivity index (χ4n) is 6.11. The van der Waals surface area contributed by atoms with Crippen molar-refractivity contribution in [1.82, 2.24) is 53.2 Å². The summed E-state index contributed by atoms with van der Waals surface area (Å²) in [6.07, 6.45) is 9.90. The minimum atomic E-state index is -2.65. The van der Waals surface area contributed by atoms with Gasteiger partial charge in [0.05, 0.1) is 57.2 Å². The molecule has 0 aromatic rings. The Morgan fingerprint density at radius 1 is 0.545 bits per heavy atom. The van der Waals surface area contributed by atoms with Gasteiger partial charge in [0.1, 0.15) is 6.61 Å². The van der Waals surface area contributed by atoms with E-state index in [0.717, 1.165) is 78.8 Å². The SMILES string of the molecule is C1CCNC1.C1CCNCC1.C1CNC1.C1CNCCN1.C1COCCN1.C1NCC12COC2.C1O[C@@H]2CN[C@H]1C2.O=C1NCCO1.O=S1(=O)CCNCC1. The topological polar surface area (TPSA) is 208 Å². The van der Waals surface area contributed by atoms with Crippen molar-refractivity contribution >= 4 is 15.9 Å². The highest BCUT2D eigenvalue weighted by Gasteiger charge is 2.43. The van der Waals surface area contributed by atoms with Gasteiger partial charge in [0.2, 0.25) is 0 Å². The smallest absolute Gasteiger partial charge is 0.407 e. The number of amides is 1. The third-order valence-corrected chi connectivity index (χ3v) is 11.6. The largest absolute Gasteiger partial charge is 0.448 e. The number of carbonyl (C=O) groups is 1. The Bertz CT molecular complexity index is 896. The fourth-order valence-corrected chi connectivity index (χ4v) is 7.23. The molecular formula is C37H78N10O7S. The van der Waals surface area contributed by atoms with Crippen molar-refractivity contribution in [3.63, 3.8) is 0 Å².